The molecule has 1 aromatic heterocycles. The third-order valence-corrected chi connectivity index (χ3v) is 4.26. The first kappa shape index (κ1) is 16.8. The molecule has 0 aliphatic carbocycles. The van der Waals surface area contributed by atoms with Gasteiger partial charge in [0.25, 0.3) is 6.10 Å². The Kier molecular flexibility index (Phi) is 4.30. The number of benzene rings is 1. The van der Waals surface area contributed by atoms with Crippen LogP contribution < -0.4 is 10.5 Å². The van der Waals surface area contributed by atoms with Crippen LogP contribution in [0.3, 0.4) is 0 Å². The molecule has 0 aliphatic rings. The smallest absolute Gasteiger partial charge is 0.356 e. The first-order chi connectivity index (χ1) is 10.6. The number of rotatable bonds is 6. The number of hydrogen-bond acceptors (Lipinski definition) is 6. The van der Waals surface area contributed by atoms with Crippen molar-refractivity contribution in [2.24, 2.45) is 5.73 Å². The summed E-state index contributed by atoms with van der Waals surface area (Å²) >= 11 is 0. The molecule has 0 bridgehead atoms. The van der Waals surface area contributed by atoms with Crippen LogP contribution >= 0.6 is 0 Å². The average Bonchev–Trinajstić information content (AvgIpc) is 2.84. The summed E-state index contributed by atoms with van der Waals surface area (Å²) < 4.78 is 27.9. The molecule has 1 unspecified atom stereocenters. The second kappa shape index (κ2) is 5.89. The van der Waals surface area contributed by atoms with Gasteiger partial charge in [0, 0.05) is 28.9 Å². The fraction of sp³-hybridized carbons (Fsp3) is 0.231. The van der Waals surface area contributed by atoms with Gasteiger partial charge in [-0.2, -0.15) is 0 Å². The molecule has 0 aliphatic heterocycles. The molecule has 1 atom stereocenters. The monoisotopic (exact) mass is 342 g/mol. The Morgan fingerprint density at radius 3 is 2.35 bits per heavy atom. The number of carboxylic acid groups (broad SMARTS) is 2. The van der Waals surface area contributed by atoms with E-state index in [-0.39, 0.29) is 11.4 Å². The van der Waals surface area contributed by atoms with E-state index >= 15 is 0 Å². The van der Waals surface area contributed by atoms with Crippen LogP contribution in [0.25, 0.3) is 10.9 Å². The molecule has 5 N–H and O–H groups in total. The molecule has 0 radical (unpaired) electrons. The van der Waals surface area contributed by atoms with Gasteiger partial charge in [0.1, 0.15) is 11.1 Å². The van der Waals surface area contributed by atoms with Crippen molar-refractivity contribution >= 4 is 32.7 Å². The maximum Gasteiger partial charge on any atom is 0.356 e. The fourth-order valence-electron chi connectivity index (χ4n) is 1.93. The highest BCUT2D eigenvalue weighted by Crippen LogP contribution is 2.25. The second-order valence-electron chi connectivity index (χ2n) is 4.90. The zero-order valence-corrected chi connectivity index (χ0v) is 12.7. The Bertz CT molecular complexity index is 858. The van der Waals surface area contributed by atoms with Gasteiger partial charge < -0.3 is 25.7 Å². The van der Waals surface area contributed by atoms with Crippen LogP contribution in [0.5, 0.6) is 5.75 Å². The van der Waals surface area contributed by atoms with Gasteiger partial charge in [-0.25, -0.2) is 18.0 Å². The molecule has 1 heterocycles. The van der Waals surface area contributed by atoms with Gasteiger partial charge in [0.2, 0.25) is 0 Å². The topological polar surface area (TPSA) is 160 Å². The molecule has 0 saturated carbocycles. The number of carboxylic acids is 2. The largest absolute Gasteiger partial charge is 0.478 e. The molecule has 2 rings (SSSR count). The number of nitrogens with one attached hydrogen (secondary N) is 1. The number of aliphatic carboxylic acids is 2. The quantitative estimate of drug-likeness (QED) is 0.537. The van der Waals surface area contributed by atoms with Crippen LogP contribution in [-0.4, -0.2) is 47.9 Å². The third-order valence-electron chi connectivity index (χ3n) is 3.09. The summed E-state index contributed by atoms with van der Waals surface area (Å²) in [5.41, 5.74) is 6.32. The normalized spacial score (nSPS) is 13.2. The molecule has 0 fully saturated rings. The van der Waals surface area contributed by atoms with E-state index in [0.29, 0.717) is 10.9 Å². The van der Waals surface area contributed by atoms with E-state index < -0.39 is 33.3 Å². The Hall–Kier alpha value is -2.59. The Morgan fingerprint density at radius 2 is 1.83 bits per heavy atom. The fourth-order valence-corrected chi connectivity index (χ4v) is 2.52. The molecule has 0 spiro atoms. The van der Waals surface area contributed by atoms with Crippen LogP contribution in [0.4, 0.5) is 0 Å². The second-order valence-corrected chi connectivity index (χ2v) is 7.07. The van der Waals surface area contributed by atoms with E-state index in [1.54, 1.807) is 0 Å². The zero-order valence-electron chi connectivity index (χ0n) is 11.9. The van der Waals surface area contributed by atoms with Crippen molar-refractivity contribution in [1.82, 2.24) is 4.98 Å². The number of H-pyrrole nitrogens is 1. The maximum absolute atomic E-state index is 11.5. The lowest BCUT2D eigenvalue weighted by atomic mass is 10.2. The number of aromatic nitrogens is 1. The zero-order chi connectivity index (χ0) is 17.4. The molecule has 2 aromatic rings. The van der Waals surface area contributed by atoms with Crippen molar-refractivity contribution in [3.05, 3.63) is 30.0 Å². The van der Waals surface area contributed by atoms with Gasteiger partial charge in [0.05, 0.1) is 0 Å². The third kappa shape index (κ3) is 3.60. The van der Waals surface area contributed by atoms with Gasteiger partial charge in [-0.05, 0) is 18.2 Å². The van der Waals surface area contributed by atoms with Crippen molar-refractivity contribution in [2.75, 3.05) is 6.26 Å². The van der Waals surface area contributed by atoms with E-state index in [1.807, 2.05) is 0 Å². The summed E-state index contributed by atoms with van der Waals surface area (Å²) in [6.07, 6.45) is -1.04. The number of aromatic amines is 1. The van der Waals surface area contributed by atoms with E-state index in [2.05, 4.69) is 4.98 Å². The highest BCUT2D eigenvalue weighted by atomic mass is 32.2. The first-order valence-electron chi connectivity index (χ1n) is 6.29. The summed E-state index contributed by atoms with van der Waals surface area (Å²) in [4.78, 5) is 24.4. The number of sulfone groups is 1. The van der Waals surface area contributed by atoms with Crippen LogP contribution in [0.15, 0.2) is 24.3 Å². The Labute approximate surface area is 130 Å². The lowest BCUT2D eigenvalue weighted by Gasteiger charge is -2.10. The molecule has 0 saturated heterocycles. The minimum atomic E-state index is -3.50. The van der Waals surface area contributed by atoms with Crippen molar-refractivity contribution < 1.29 is 33.0 Å². The predicted molar refractivity (Wildman–Crippen MR) is 79.8 cm³/mol. The minimum absolute atomic E-state index is 0.00799. The van der Waals surface area contributed by atoms with Crippen LogP contribution in [0.1, 0.15) is 11.1 Å². The summed E-state index contributed by atoms with van der Waals surface area (Å²) in [7, 11) is -3.50. The molecule has 1 aromatic carbocycles. The summed E-state index contributed by atoms with van der Waals surface area (Å²) in [6, 6.07) is 5.81. The number of ether oxygens (including phenoxy) is 1. The van der Waals surface area contributed by atoms with E-state index in [1.165, 1.54) is 24.3 Å². The van der Waals surface area contributed by atoms with Crippen molar-refractivity contribution in [3.8, 4) is 5.75 Å². The van der Waals surface area contributed by atoms with Crippen LogP contribution in [0, 0.1) is 0 Å². The van der Waals surface area contributed by atoms with E-state index in [9.17, 15) is 18.0 Å². The van der Waals surface area contributed by atoms with Crippen molar-refractivity contribution in [2.45, 2.75) is 11.5 Å². The maximum atomic E-state index is 11.5. The van der Waals surface area contributed by atoms with Crippen molar-refractivity contribution in [1.29, 1.82) is 0 Å². The Balaban J connectivity index is 2.36. The minimum Gasteiger partial charge on any atom is -0.478 e. The summed E-state index contributed by atoms with van der Waals surface area (Å²) in [5.74, 6) is -3.26. The van der Waals surface area contributed by atoms with Gasteiger partial charge in [-0.15, -0.1) is 0 Å². The van der Waals surface area contributed by atoms with Crippen LogP contribution in [0.2, 0.25) is 0 Å². The highest BCUT2D eigenvalue weighted by molar-refractivity contribution is 7.90. The molecule has 9 nitrogen and oxygen atoms in total. The Morgan fingerprint density at radius 1 is 1.22 bits per heavy atom. The number of hydrogen-bond donors (Lipinski definition) is 4. The molecule has 10 heteroatoms. The number of fused-ring (bicyclic) bond motifs is 1. The number of nitrogens with two attached hydrogens (primary N) is 1. The lowest BCUT2D eigenvalue weighted by molar-refractivity contribution is -0.159. The molecular weight excluding hydrogens is 328 g/mol. The van der Waals surface area contributed by atoms with E-state index in [0.717, 1.165) is 6.26 Å². The summed E-state index contributed by atoms with van der Waals surface area (Å²) in [6.45, 7) is 0. The summed E-state index contributed by atoms with van der Waals surface area (Å²) in [5, 5.41) is 17.0. The van der Waals surface area contributed by atoms with Gasteiger partial charge in [-0.1, -0.05) is 0 Å². The molecule has 0 amide bonds. The van der Waals surface area contributed by atoms with E-state index in [4.69, 9.17) is 20.7 Å². The lowest BCUT2D eigenvalue weighted by Crippen LogP contribution is -2.35. The molecule has 23 heavy (non-hydrogen) atoms. The van der Waals surface area contributed by atoms with Crippen molar-refractivity contribution in [3.63, 3.8) is 0 Å². The van der Waals surface area contributed by atoms with Gasteiger partial charge >= 0.3 is 11.9 Å². The highest BCUT2D eigenvalue weighted by Gasteiger charge is 2.28. The average molecular weight is 342 g/mol. The standard InChI is InChI=1S/C13H14N2O7S/c1-23(20,21)11(14)9-4-6-2-3-7(5-8(6)15-9)22-10(12(16)17)13(18)19/h2-5,10-11,15H,14H2,1H3,(H,16,17)(H,18,19). The first-order valence-corrected chi connectivity index (χ1v) is 8.24. The predicted octanol–water partition coefficient (Wildman–Crippen LogP) is 0.0864. The van der Waals surface area contributed by atoms with Crippen LogP contribution in [-0.2, 0) is 19.4 Å². The number of carbonyl (C=O) groups is 2. The molecular formula is C13H14N2O7S. The van der Waals surface area contributed by atoms with Gasteiger partial charge in [-0.3, -0.25) is 0 Å². The molecule has 124 valence electrons. The van der Waals surface area contributed by atoms with Gasteiger partial charge in [0.15, 0.2) is 9.84 Å². The SMILES string of the molecule is CS(=O)(=O)C(N)c1cc2ccc(OC(C(=O)O)C(=O)O)cc2[nH]1.